The van der Waals surface area contributed by atoms with Gasteiger partial charge in [0.2, 0.25) is 0 Å². The summed E-state index contributed by atoms with van der Waals surface area (Å²) >= 11 is 16.8. The molecule has 7 heteroatoms. The van der Waals surface area contributed by atoms with E-state index in [1.807, 2.05) is 0 Å². The quantitative estimate of drug-likeness (QED) is 0.817. The summed E-state index contributed by atoms with van der Waals surface area (Å²) in [4.78, 5) is 11.9. The molecule has 0 atom stereocenters. The summed E-state index contributed by atoms with van der Waals surface area (Å²) in [5, 5.41) is 6.37. The van der Waals surface area contributed by atoms with Gasteiger partial charge in [0.25, 0.3) is 5.91 Å². The van der Waals surface area contributed by atoms with Crippen molar-refractivity contribution in [1.82, 2.24) is 5.32 Å². The van der Waals surface area contributed by atoms with Gasteiger partial charge < -0.3 is 9.73 Å². The molecule has 0 fully saturated rings. The van der Waals surface area contributed by atoms with Crippen molar-refractivity contribution in [3.63, 3.8) is 0 Å². The van der Waals surface area contributed by atoms with Crippen LogP contribution in [0.2, 0.25) is 10.0 Å². The molecular formula is C13H10Cl2N2O2S. The van der Waals surface area contributed by atoms with Gasteiger partial charge in [0, 0.05) is 10.6 Å². The Bertz CT molecular complexity index is 670. The topological polar surface area (TPSA) is 54.3 Å². The largest absolute Gasteiger partial charge is 0.459 e. The van der Waals surface area contributed by atoms with Crippen LogP contribution in [0.5, 0.6) is 0 Å². The number of carbonyl (C=O) groups excluding carboxylic acids is 1. The Hall–Kier alpha value is -1.56. The molecule has 0 saturated carbocycles. The second-order valence-corrected chi connectivity index (χ2v) is 5.22. The minimum atomic E-state index is -0.421. The van der Waals surface area contributed by atoms with Crippen molar-refractivity contribution in [1.29, 1.82) is 0 Å². The highest BCUT2D eigenvalue weighted by atomic mass is 35.5. The Morgan fingerprint density at radius 3 is 2.65 bits per heavy atom. The Kier molecular flexibility index (Phi) is 4.65. The van der Waals surface area contributed by atoms with Crippen molar-refractivity contribution in [2.45, 2.75) is 6.92 Å². The van der Waals surface area contributed by atoms with E-state index < -0.39 is 5.91 Å². The normalized spacial score (nSPS) is 10.2. The zero-order valence-corrected chi connectivity index (χ0v) is 12.7. The molecule has 20 heavy (non-hydrogen) atoms. The van der Waals surface area contributed by atoms with Gasteiger partial charge in [-0.25, -0.2) is 0 Å². The summed E-state index contributed by atoms with van der Waals surface area (Å²) in [5.41, 5.74) is 1.28. The third-order valence-corrected chi connectivity index (χ3v) is 3.23. The number of halogens is 2. The van der Waals surface area contributed by atoms with E-state index in [9.17, 15) is 4.79 Å². The number of hydrogen-bond donors (Lipinski definition) is 2. The third kappa shape index (κ3) is 3.50. The van der Waals surface area contributed by atoms with E-state index in [1.165, 1.54) is 6.26 Å². The zero-order chi connectivity index (χ0) is 14.7. The predicted octanol–water partition coefficient (Wildman–Crippen LogP) is 4.02. The lowest BCUT2D eigenvalue weighted by Gasteiger charge is -2.10. The number of carbonyl (C=O) groups is 1. The number of furan rings is 1. The molecular weight excluding hydrogens is 319 g/mol. The lowest BCUT2D eigenvalue weighted by molar-refractivity contribution is 0.0950. The van der Waals surface area contributed by atoms with Crippen LogP contribution in [0.4, 0.5) is 5.69 Å². The molecule has 0 saturated heterocycles. The van der Waals surface area contributed by atoms with Gasteiger partial charge in [-0.3, -0.25) is 10.1 Å². The van der Waals surface area contributed by atoms with E-state index >= 15 is 0 Å². The van der Waals surface area contributed by atoms with Crippen molar-refractivity contribution >= 4 is 52.1 Å². The van der Waals surface area contributed by atoms with Crippen LogP contribution in [0, 0.1) is 6.92 Å². The van der Waals surface area contributed by atoms with Gasteiger partial charge in [0.15, 0.2) is 10.9 Å². The summed E-state index contributed by atoms with van der Waals surface area (Å²) in [7, 11) is 0. The van der Waals surface area contributed by atoms with Crippen molar-refractivity contribution in [3.05, 3.63) is 51.9 Å². The van der Waals surface area contributed by atoms with E-state index in [0.29, 0.717) is 15.7 Å². The first kappa shape index (κ1) is 14.8. The van der Waals surface area contributed by atoms with Crippen LogP contribution in [-0.2, 0) is 0 Å². The fourth-order valence-electron chi connectivity index (χ4n) is 1.51. The molecule has 1 aromatic carbocycles. The smallest absolute Gasteiger partial charge is 0.293 e. The van der Waals surface area contributed by atoms with E-state index in [0.717, 1.165) is 5.56 Å². The number of hydrogen-bond acceptors (Lipinski definition) is 3. The van der Waals surface area contributed by atoms with Crippen molar-refractivity contribution < 1.29 is 9.21 Å². The summed E-state index contributed by atoms with van der Waals surface area (Å²) < 4.78 is 5.07. The van der Waals surface area contributed by atoms with Crippen molar-refractivity contribution in [2.24, 2.45) is 0 Å². The molecule has 0 aliphatic carbocycles. The maximum atomic E-state index is 11.9. The van der Waals surface area contributed by atoms with Crippen LogP contribution in [-0.4, -0.2) is 11.0 Å². The van der Waals surface area contributed by atoms with Gasteiger partial charge in [-0.1, -0.05) is 23.2 Å². The summed E-state index contributed by atoms with van der Waals surface area (Å²) in [6.07, 6.45) is 1.44. The first-order valence-corrected chi connectivity index (χ1v) is 6.75. The maximum absolute atomic E-state index is 11.9. The highest BCUT2D eigenvalue weighted by Crippen LogP contribution is 2.25. The Labute approximate surface area is 131 Å². The molecule has 0 aliphatic rings. The van der Waals surface area contributed by atoms with E-state index in [4.69, 9.17) is 39.8 Å². The highest BCUT2D eigenvalue weighted by molar-refractivity contribution is 7.80. The number of amides is 1. The monoisotopic (exact) mass is 328 g/mol. The predicted molar refractivity (Wildman–Crippen MR) is 83.6 cm³/mol. The minimum absolute atomic E-state index is 0.120. The fraction of sp³-hybridized carbons (Fsp3) is 0.0769. The third-order valence-electron chi connectivity index (χ3n) is 2.47. The molecule has 0 radical (unpaired) electrons. The molecule has 1 heterocycles. The molecule has 0 unspecified atom stereocenters. The molecule has 0 aliphatic heterocycles. The van der Waals surface area contributed by atoms with Gasteiger partial charge in [-0.15, -0.1) is 0 Å². The van der Waals surface area contributed by atoms with Crippen LogP contribution in [0.15, 0.2) is 34.9 Å². The summed E-state index contributed by atoms with van der Waals surface area (Å²) in [6.45, 7) is 1.77. The number of nitrogens with one attached hydrogen (secondary N) is 2. The average molecular weight is 329 g/mol. The first-order valence-electron chi connectivity index (χ1n) is 5.59. The van der Waals surface area contributed by atoms with Crippen LogP contribution < -0.4 is 10.6 Å². The second kappa shape index (κ2) is 6.26. The maximum Gasteiger partial charge on any atom is 0.293 e. The second-order valence-electron chi connectivity index (χ2n) is 3.97. The van der Waals surface area contributed by atoms with Gasteiger partial charge in [-0.2, -0.15) is 0 Å². The Balaban J connectivity index is 2.03. The lowest BCUT2D eigenvalue weighted by Crippen LogP contribution is -2.34. The van der Waals surface area contributed by atoms with Gasteiger partial charge >= 0.3 is 0 Å². The molecule has 0 bridgehead atoms. The number of rotatable bonds is 2. The molecule has 2 N–H and O–H groups in total. The van der Waals surface area contributed by atoms with E-state index in [-0.39, 0.29) is 10.9 Å². The number of anilines is 1. The fourth-order valence-corrected chi connectivity index (χ4v) is 2.17. The number of thiocarbonyl (C=S) groups is 1. The van der Waals surface area contributed by atoms with Gasteiger partial charge in [0.1, 0.15) is 0 Å². The summed E-state index contributed by atoms with van der Waals surface area (Å²) in [5.74, 6) is -0.202. The molecule has 104 valence electrons. The highest BCUT2D eigenvalue weighted by Gasteiger charge is 2.14. The minimum Gasteiger partial charge on any atom is -0.459 e. The average Bonchev–Trinajstić information content (AvgIpc) is 2.79. The molecule has 4 nitrogen and oxygen atoms in total. The lowest BCUT2D eigenvalue weighted by atomic mass is 10.3. The van der Waals surface area contributed by atoms with Crippen LogP contribution in [0.3, 0.4) is 0 Å². The molecule has 0 spiro atoms. The molecule has 2 rings (SSSR count). The van der Waals surface area contributed by atoms with E-state index in [2.05, 4.69) is 10.6 Å². The molecule has 1 amide bonds. The van der Waals surface area contributed by atoms with Crippen molar-refractivity contribution in [3.8, 4) is 0 Å². The van der Waals surface area contributed by atoms with Gasteiger partial charge in [-0.05, 0) is 43.4 Å². The molecule has 1 aromatic heterocycles. The van der Waals surface area contributed by atoms with Crippen LogP contribution >= 0.6 is 35.4 Å². The van der Waals surface area contributed by atoms with Crippen LogP contribution in [0.25, 0.3) is 0 Å². The van der Waals surface area contributed by atoms with E-state index in [1.54, 1.807) is 31.2 Å². The summed E-state index contributed by atoms with van der Waals surface area (Å²) in [6, 6.07) is 6.60. The van der Waals surface area contributed by atoms with Gasteiger partial charge in [0.05, 0.1) is 17.0 Å². The standard InChI is InChI=1S/C13H10Cl2N2O2S/c1-7-4-5-19-11(7)12(18)17-13(20)16-10-3-2-8(14)6-9(10)15/h2-6H,1H3,(H2,16,17,18,20). The molecule has 2 aromatic rings. The zero-order valence-electron chi connectivity index (χ0n) is 10.4. The Morgan fingerprint density at radius 1 is 1.30 bits per heavy atom. The first-order chi connectivity index (χ1) is 9.47. The number of aryl methyl sites for hydroxylation is 1. The number of benzene rings is 1. The van der Waals surface area contributed by atoms with Crippen molar-refractivity contribution in [2.75, 3.05) is 5.32 Å². The van der Waals surface area contributed by atoms with Crippen LogP contribution in [0.1, 0.15) is 16.1 Å². The SMILES string of the molecule is Cc1ccoc1C(=O)NC(=S)Nc1ccc(Cl)cc1Cl. The Morgan fingerprint density at radius 2 is 2.05 bits per heavy atom.